The largest absolute Gasteiger partial charge is 0.508 e. The Morgan fingerprint density at radius 2 is 1.86 bits per heavy atom. The maximum absolute atomic E-state index is 10.3. The van der Waals surface area contributed by atoms with Crippen molar-refractivity contribution in [2.75, 3.05) is 27.8 Å². The van der Waals surface area contributed by atoms with Gasteiger partial charge in [0.05, 0.1) is 14.2 Å². The molecule has 0 saturated heterocycles. The zero-order valence-corrected chi connectivity index (χ0v) is 16.6. The van der Waals surface area contributed by atoms with Crippen molar-refractivity contribution in [1.82, 2.24) is 9.88 Å². The highest BCUT2D eigenvalue weighted by molar-refractivity contribution is 5.73. The van der Waals surface area contributed by atoms with Crippen LogP contribution in [0.1, 0.15) is 11.3 Å². The van der Waals surface area contributed by atoms with Gasteiger partial charge in [-0.25, -0.2) is 0 Å². The molecule has 0 unspecified atom stereocenters. The molecule has 1 aromatic heterocycles. The number of rotatable bonds is 8. The van der Waals surface area contributed by atoms with Gasteiger partial charge in [0.25, 0.3) is 0 Å². The molecule has 3 rings (SSSR count). The molecule has 0 saturated carbocycles. The molecular weight excluding hydrogens is 352 g/mol. The fourth-order valence-electron chi connectivity index (χ4n) is 3.14. The van der Waals surface area contributed by atoms with E-state index in [9.17, 15) is 5.11 Å². The average molecular weight is 378 g/mol. The van der Waals surface area contributed by atoms with Crippen LogP contribution in [0.3, 0.4) is 0 Å². The summed E-state index contributed by atoms with van der Waals surface area (Å²) in [4.78, 5) is 6.54. The van der Waals surface area contributed by atoms with Crippen molar-refractivity contribution in [3.05, 3.63) is 72.1 Å². The van der Waals surface area contributed by atoms with E-state index in [4.69, 9.17) is 9.47 Å². The molecule has 146 valence electrons. The minimum atomic E-state index is 0.287. The Kier molecular flexibility index (Phi) is 6.50. The van der Waals surface area contributed by atoms with Gasteiger partial charge in [-0.1, -0.05) is 12.1 Å². The molecule has 5 nitrogen and oxygen atoms in total. The number of phenolic OH excluding ortho intramolecular Hbond substituents is 1. The molecule has 0 aliphatic heterocycles. The Morgan fingerprint density at radius 1 is 1.00 bits per heavy atom. The van der Waals surface area contributed by atoms with Gasteiger partial charge in [0.15, 0.2) is 0 Å². The van der Waals surface area contributed by atoms with E-state index in [1.54, 1.807) is 20.3 Å². The molecule has 0 fully saturated rings. The fourth-order valence-corrected chi connectivity index (χ4v) is 3.14. The summed E-state index contributed by atoms with van der Waals surface area (Å²) < 4.78 is 10.9. The van der Waals surface area contributed by atoms with E-state index in [1.165, 1.54) is 0 Å². The number of hydrogen-bond donors (Lipinski definition) is 1. The molecule has 5 heteroatoms. The Morgan fingerprint density at radius 3 is 2.57 bits per heavy atom. The average Bonchev–Trinajstić information content (AvgIpc) is 2.74. The van der Waals surface area contributed by atoms with Gasteiger partial charge >= 0.3 is 0 Å². The number of ether oxygens (including phenoxy) is 2. The number of aromatic nitrogens is 1. The molecule has 1 heterocycles. The standard InChI is InChI=1S/C23H26N2O3/c1-25(13-11-19-6-4-5-12-24-19)16-18-14-17(7-9-22(18)26)21-15-20(27-2)8-10-23(21)28-3/h4-10,12,14-15,26H,11,13,16H2,1-3H3. The van der Waals surface area contributed by atoms with Crippen LogP contribution in [0.25, 0.3) is 11.1 Å². The maximum atomic E-state index is 10.3. The van der Waals surface area contributed by atoms with Crippen LogP contribution in [0.4, 0.5) is 0 Å². The first kappa shape index (κ1) is 19.7. The van der Waals surface area contributed by atoms with Crippen LogP contribution in [0, 0.1) is 0 Å². The van der Waals surface area contributed by atoms with E-state index in [-0.39, 0.29) is 5.75 Å². The summed E-state index contributed by atoms with van der Waals surface area (Å²) in [6.07, 6.45) is 2.67. The first-order valence-electron chi connectivity index (χ1n) is 9.23. The first-order valence-corrected chi connectivity index (χ1v) is 9.23. The van der Waals surface area contributed by atoms with Crippen molar-refractivity contribution in [3.8, 4) is 28.4 Å². The number of hydrogen-bond acceptors (Lipinski definition) is 5. The summed E-state index contributed by atoms with van der Waals surface area (Å²) >= 11 is 0. The highest BCUT2D eigenvalue weighted by atomic mass is 16.5. The van der Waals surface area contributed by atoms with Gasteiger partial charge in [-0.2, -0.15) is 0 Å². The third kappa shape index (κ3) is 4.81. The highest BCUT2D eigenvalue weighted by Crippen LogP contribution is 2.35. The van der Waals surface area contributed by atoms with Crippen molar-refractivity contribution in [2.24, 2.45) is 0 Å². The lowest BCUT2D eigenvalue weighted by atomic mass is 10.0. The maximum Gasteiger partial charge on any atom is 0.126 e. The van der Waals surface area contributed by atoms with Crippen LogP contribution >= 0.6 is 0 Å². The Labute approximate surface area is 166 Å². The quantitative estimate of drug-likeness (QED) is 0.638. The molecule has 2 aromatic carbocycles. The Bertz CT molecular complexity index is 913. The van der Waals surface area contributed by atoms with E-state index in [2.05, 4.69) is 9.88 Å². The number of benzene rings is 2. The van der Waals surface area contributed by atoms with Gasteiger partial charge < -0.3 is 19.5 Å². The predicted molar refractivity (Wildman–Crippen MR) is 111 cm³/mol. The molecule has 0 spiro atoms. The van der Waals surface area contributed by atoms with Crippen molar-refractivity contribution in [2.45, 2.75) is 13.0 Å². The summed E-state index contributed by atoms with van der Waals surface area (Å²) in [5.41, 5.74) is 3.83. The van der Waals surface area contributed by atoms with Crippen LogP contribution in [-0.2, 0) is 13.0 Å². The third-order valence-corrected chi connectivity index (χ3v) is 4.71. The number of likely N-dealkylation sites (N-methyl/N-ethyl adjacent to an activating group) is 1. The molecule has 0 atom stereocenters. The van der Waals surface area contributed by atoms with Crippen molar-refractivity contribution in [3.63, 3.8) is 0 Å². The van der Waals surface area contributed by atoms with Crippen molar-refractivity contribution < 1.29 is 14.6 Å². The minimum Gasteiger partial charge on any atom is -0.508 e. The van der Waals surface area contributed by atoms with Crippen LogP contribution in [0.15, 0.2) is 60.8 Å². The van der Waals surface area contributed by atoms with Gasteiger partial charge in [0, 0.05) is 42.5 Å². The van der Waals surface area contributed by atoms with E-state index >= 15 is 0 Å². The monoisotopic (exact) mass is 378 g/mol. The van der Waals surface area contributed by atoms with Crippen LogP contribution in [-0.4, -0.2) is 42.8 Å². The smallest absolute Gasteiger partial charge is 0.126 e. The van der Waals surface area contributed by atoms with Gasteiger partial charge in [0.2, 0.25) is 0 Å². The second kappa shape index (κ2) is 9.24. The molecule has 0 bridgehead atoms. The van der Waals surface area contributed by atoms with E-state index in [0.29, 0.717) is 6.54 Å². The molecule has 0 aliphatic carbocycles. The van der Waals surface area contributed by atoms with E-state index in [0.717, 1.165) is 46.8 Å². The summed E-state index contributed by atoms with van der Waals surface area (Å²) in [6, 6.07) is 17.3. The molecule has 0 amide bonds. The van der Waals surface area contributed by atoms with Gasteiger partial charge in [-0.3, -0.25) is 4.98 Å². The predicted octanol–water partition coefficient (Wildman–Crippen LogP) is 4.15. The molecule has 0 aliphatic rings. The Balaban J connectivity index is 1.78. The summed E-state index contributed by atoms with van der Waals surface area (Å²) in [7, 11) is 5.34. The van der Waals surface area contributed by atoms with Crippen LogP contribution in [0.5, 0.6) is 17.2 Å². The molecule has 3 aromatic rings. The lowest BCUT2D eigenvalue weighted by Crippen LogP contribution is -2.21. The van der Waals surface area contributed by atoms with Gasteiger partial charge in [0.1, 0.15) is 17.2 Å². The number of pyridine rings is 1. The van der Waals surface area contributed by atoms with E-state index < -0.39 is 0 Å². The zero-order valence-electron chi connectivity index (χ0n) is 16.6. The van der Waals surface area contributed by atoms with Gasteiger partial charge in [-0.05, 0) is 55.1 Å². The van der Waals surface area contributed by atoms with Crippen LogP contribution < -0.4 is 9.47 Å². The third-order valence-electron chi connectivity index (χ3n) is 4.71. The van der Waals surface area contributed by atoms with E-state index in [1.807, 2.05) is 61.8 Å². The lowest BCUT2D eigenvalue weighted by Gasteiger charge is -2.18. The molecule has 0 radical (unpaired) electrons. The normalized spacial score (nSPS) is 10.9. The number of phenols is 1. The van der Waals surface area contributed by atoms with Crippen molar-refractivity contribution >= 4 is 0 Å². The fraction of sp³-hybridized carbons (Fsp3) is 0.261. The number of methoxy groups -OCH3 is 2. The summed E-state index contributed by atoms with van der Waals surface area (Å²) in [5.74, 6) is 1.81. The van der Waals surface area contributed by atoms with Crippen LogP contribution in [0.2, 0.25) is 0 Å². The van der Waals surface area contributed by atoms with Gasteiger partial charge in [-0.15, -0.1) is 0 Å². The second-order valence-electron chi connectivity index (χ2n) is 6.72. The minimum absolute atomic E-state index is 0.287. The van der Waals surface area contributed by atoms with Crippen molar-refractivity contribution in [1.29, 1.82) is 0 Å². The molecule has 28 heavy (non-hydrogen) atoms. The highest BCUT2D eigenvalue weighted by Gasteiger charge is 2.12. The Hall–Kier alpha value is -3.05. The number of nitrogens with zero attached hydrogens (tertiary/aromatic N) is 2. The topological polar surface area (TPSA) is 54.8 Å². The number of aromatic hydroxyl groups is 1. The SMILES string of the molecule is COc1ccc(OC)c(-c2ccc(O)c(CN(C)CCc3ccccn3)c2)c1. The molecule has 1 N–H and O–H groups in total. The summed E-state index contributed by atoms with van der Waals surface area (Å²) in [5, 5.41) is 10.3. The summed E-state index contributed by atoms with van der Waals surface area (Å²) in [6.45, 7) is 1.49. The molecular formula is C23H26N2O3. The lowest BCUT2D eigenvalue weighted by molar-refractivity contribution is 0.323. The first-order chi connectivity index (χ1) is 13.6. The second-order valence-corrected chi connectivity index (χ2v) is 6.72. The zero-order chi connectivity index (χ0) is 19.9.